The van der Waals surface area contributed by atoms with E-state index in [0.717, 1.165) is 22.5 Å². The molecule has 0 aliphatic rings. The Bertz CT molecular complexity index is 885. The Kier molecular flexibility index (Phi) is 4.58. The zero-order chi connectivity index (χ0) is 18.5. The molecule has 0 fully saturated rings. The first-order valence-corrected chi connectivity index (χ1v) is 8.95. The van der Waals surface area contributed by atoms with E-state index in [1.54, 1.807) is 6.20 Å². The zero-order valence-corrected chi connectivity index (χ0v) is 14.9. The van der Waals surface area contributed by atoms with Crippen molar-refractivity contribution in [3.8, 4) is 0 Å². The summed E-state index contributed by atoms with van der Waals surface area (Å²) in [6.07, 6.45) is 1.67. The number of rotatable bonds is 5. The van der Waals surface area contributed by atoms with Crippen LogP contribution in [-0.2, 0) is 5.54 Å². The Labute approximate surface area is 159 Å². The first-order chi connectivity index (χ1) is 13.3. The minimum absolute atomic E-state index is 0.576. The molecule has 27 heavy (non-hydrogen) atoms. The summed E-state index contributed by atoms with van der Waals surface area (Å²) >= 11 is 0. The number of pyridine rings is 1. The lowest BCUT2D eigenvalue weighted by molar-refractivity contribution is 0.707. The smallest absolute Gasteiger partial charge is 0.127 e. The molecule has 3 heteroatoms. The number of nitrogen functional groups attached to an aromatic ring is 1. The van der Waals surface area contributed by atoms with Crippen LogP contribution in [0.2, 0.25) is 0 Å². The van der Waals surface area contributed by atoms with Crippen LogP contribution < -0.4 is 11.1 Å². The van der Waals surface area contributed by atoms with Gasteiger partial charge in [-0.2, -0.15) is 0 Å². The molecule has 0 unspecified atom stereocenters. The highest BCUT2D eigenvalue weighted by Crippen LogP contribution is 2.39. The molecule has 0 aliphatic heterocycles. The average molecular weight is 351 g/mol. The highest BCUT2D eigenvalue weighted by molar-refractivity contribution is 5.58. The van der Waals surface area contributed by atoms with E-state index in [1.807, 2.05) is 30.3 Å². The molecule has 3 N–H and O–H groups in total. The number of nitrogens with one attached hydrogen (secondary N) is 1. The summed E-state index contributed by atoms with van der Waals surface area (Å²) in [5.41, 5.74) is 9.32. The molecule has 132 valence electrons. The van der Waals surface area contributed by atoms with Crippen molar-refractivity contribution in [2.45, 2.75) is 5.54 Å². The Morgan fingerprint density at radius 3 is 1.41 bits per heavy atom. The van der Waals surface area contributed by atoms with E-state index >= 15 is 0 Å². The molecule has 0 radical (unpaired) electrons. The van der Waals surface area contributed by atoms with Gasteiger partial charge >= 0.3 is 0 Å². The fraction of sp³-hybridized carbons (Fsp3) is 0.0417. The van der Waals surface area contributed by atoms with E-state index in [-0.39, 0.29) is 0 Å². The van der Waals surface area contributed by atoms with Crippen molar-refractivity contribution in [3.63, 3.8) is 0 Å². The normalized spacial score (nSPS) is 11.1. The van der Waals surface area contributed by atoms with Crippen molar-refractivity contribution in [1.29, 1.82) is 0 Å². The molecule has 3 aromatic carbocycles. The van der Waals surface area contributed by atoms with E-state index in [1.165, 1.54) is 0 Å². The fourth-order valence-electron chi connectivity index (χ4n) is 3.45. The van der Waals surface area contributed by atoms with Crippen LogP contribution in [0.4, 0.5) is 11.5 Å². The Hall–Kier alpha value is -3.59. The van der Waals surface area contributed by atoms with Crippen LogP contribution in [-0.4, -0.2) is 4.98 Å². The van der Waals surface area contributed by atoms with Crippen LogP contribution in [0.1, 0.15) is 16.7 Å². The van der Waals surface area contributed by atoms with E-state index < -0.39 is 5.54 Å². The van der Waals surface area contributed by atoms with E-state index in [4.69, 9.17) is 5.73 Å². The van der Waals surface area contributed by atoms with Crippen LogP contribution in [0.3, 0.4) is 0 Å². The molecule has 0 aliphatic carbocycles. The van der Waals surface area contributed by atoms with Gasteiger partial charge in [0.05, 0.1) is 11.9 Å². The molecule has 4 aromatic rings. The molecule has 0 saturated heterocycles. The van der Waals surface area contributed by atoms with Gasteiger partial charge in [-0.1, -0.05) is 91.0 Å². The van der Waals surface area contributed by atoms with Crippen LogP contribution in [0.15, 0.2) is 109 Å². The summed E-state index contributed by atoms with van der Waals surface area (Å²) < 4.78 is 0. The van der Waals surface area contributed by atoms with Crippen molar-refractivity contribution in [3.05, 3.63) is 126 Å². The first-order valence-electron chi connectivity index (χ1n) is 8.95. The van der Waals surface area contributed by atoms with Crippen LogP contribution in [0, 0.1) is 0 Å². The Morgan fingerprint density at radius 1 is 0.593 bits per heavy atom. The quantitative estimate of drug-likeness (QED) is 0.494. The van der Waals surface area contributed by atoms with Crippen molar-refractivity contribution in [2.24, 2.45) is 0 Å². The minimum atomic E-state index is -0.576. The maximum absolute atomic E-state index is 5.83. The van der Waals surface area contributed by atoms with Crippen molar-refractivity contribution < 1.29 is 0 Å². The van der Waals surface area contributed by atoms with Gasteiger partial charge in [0.25, 0.3) is 0 Å². The van der Waals surface area contributed by atoms with Gasteiger partial charge in [-0.15, -0.1) is 0 Å². The van der Waals surface area contributed by atoms with Gasteiger partial charge in [0, 0.05) is 0 Å². The van der Waals surface area contributed by atoms with Crippen molar-refractivity contribution in [1.82, 2.24) is 4.98 Å². The molecular formula is C24H21N3. The zero-order valence-electron chi connectivity index (χ0n) is 14.9. The summed E-state index contributed by atoms with van der Waals surface area (Å²) in [6, 6.07) is 35.1. The summed E-state index contributed by atoms with van der Waals surface area (Å²) in [7, 11) is 0. The van der Waals surface area contributed by atoms with Crippen molar-refractivity contribution >= 4 is 11.5 Å². The van der Waals surface area contributed by atoms with Gasteiger partial charge in [-0.3, -0.25) is 0 Å². The maximum atomic E-state index is 5.83. The Morgan fingerprint density at radius 2 is 1.04 bits per heavy atom. The monoisotopic (exact) mass is 351 g/mol. The lowest BCUT2D eigenvalue weighted by Gasteiger charge is -2.37. The third kappa shape index (κ3) is 3.27. The standard InChI is InChI=1S/C24H21N3/c25-22-16-17-23(26-18-22)27-24(19-10-4-1-5-11-19,20-12-6-2-7-13-20)21-14-8-3-9-15-21/h1-18H,25H2,(H,26,27). The minimum Gasteiger partial charge on any atom is -0.397 e. The summed E-state index contributed by atoms with van der Waals surface area (Å²) in [5, 5.41) is 3.70. The molecule has 1 heterocycles. The van der Waals surface area contributed by atoms with E-state index in [2.05, 4.69) is 83.1 Å². The highest BCUT2D eigenvalue weighted by Gasteiger charge is 2.36. The summed E-state index contributed by atoms with van der Waals surface area (Å²) in [4.78, 5) is 4.50. The number of nitrogens with two attached hydrogens (primary N) is 1. The lowest BCUT2D eigenvalue weighted by atomic mass is 9.77. The molecule has 1 aromatic heterocycles. The summed E-state index contributed by atoms with van der Waals surface area (Å²) in [6.45, 7) is 0. The largest absolute Gasteiger partial charge is 0.397 e. The van der Waals surface area contributed by atoms with Gasteiger partial charge in [0.2, 0.25) is 0 Å². The molecule has 0 spiro atoms. The van der Waals surface area contributed by atoms with E-state index in [0.29, 0.717) is 5.69 Å². The van der Waals surface area contributed by atoms with E-state index in [9.17, 15) is 0 Å². The number of hydrogen-bond donors (Lipinski definition) is 2. The first kappa shape index (κ1) is 16.9. The van der Waals surface area contributed by atoms with Crippen LogP contribution in [0.5, 0.6) is 0 Å². The van der Waals surface area contributed by atoms with Gasteiger partial charge < -0.3 is 11.1 Å². The second kappa shape index (κ2) is 7.34. The number of nitrogens with zero attached hydrogens (tertiary/aromatic N) is 1. The molecule has 0 saturated carbocycles. The second-order valence-electron chi connectivity index (χ2n) is 6.45. The predicted molar refractivity (Wildman–Crippen MR) is 111 cm³/mol. The molecule has 0 atom stereocenters. The third-order valence-electron chi connectivity index (χ3n) is 4.72. The average Bonchev–Trinajstić information content (AvgIpc) is 2.75. The highest BCUT2D eigenvalue weighted by atomic mass is 15.1. The molecule has 4 rings (SSSR count). The number of benzene rings is 3. The fourth-order valence-corrected chi connectivity index (χ4v) is 3.45. The predicted octanol–water partition coefficient (Wildman–Crippen LogP) is 5.07. The van der Waals surface area contributed by atoms with Gasteiger partial charge in [0.15, 0.2) is 0 Å². The number of aromatic nitrogens is 1. The molecule has 0 bridgehead atoms. The number of anilines is 2. The number of hydrogen-bond acceptors (Lipinski definition) is 3. The van der Waals surface area contributed by atoms with Gasteiger partial charge in [-0.05, 0) is 28.8 Å². The van der Waals surface area contributed by atoms with Crippen LogP contribution >= 0.6 is 0 Å². The molecule has 3 nitrogen and oxygen atoms in total. The van der Waals surface area contributed by atoms with Crippen molar-refractivity contribution in [2.75, 3.05) is 11.1 Å². The Balaban J connectivity index is 1.98. The lowest BCUT2D eigenvalue weighted by Crippen LogP contribution is -2.38. The summed E-state index contributed by atoms with van der Waals surface area (Å²) in [5.74, 6) is 0.765. The SMILES string of the molecule is Nc1ccc(NC(c2ccccc2)(c2ccccc2)c2ccccc2)nc1. The third-order valence-corrected chi connectivity index (χ3v) is 4.72. The topological polar surface area (TPSA) is 50.9 Å². The molecule has 0 amide bonds. The van der Waals surface area contributed by atoms with Gasteiger partial charge in [0.1, 0.15) is 11.4 Å². The second-order valence-corrected chi connectivity index (χ2v) is 6.45. The molecular weight excluding hydrogens is 330 g/mol. The maximum Gasteiger partial charge on any atom is 0.127 e. The van der Waals surface area contributed by atoms with Gasteiger partial charge in [-0.25, -0.2) is 4.98 Å². The van der Waals surface area contributed by atoms with Crippen LogP contribution in [0.25, 0.3) is 0 Å².